The van der Waals surface area contributed by atoms with E-state index in [1.165, 1.54) is 13.0 Å². The van der Waals surface area contributed by atoms with E-state index in [4.69, 9.17) is 19.7 Å². The predicted molar refractivity (Wildman–Crippen MR) is 63.9 cm³/mol. The highest BCUT2D eigenvalue weighted by atomic mass is 15.1. The van der Waals surface area contributed by atoms with E-state index < -0.39 is 12.5 Å². The maximum atomic E-state index is 7.77. The molecule has 0 atom stereocenters. The van der Waals surface area contributed by atoms with Gasteiger partial charge in [-0.25, -0.2) is 4.99 Å². The monoisotopic (exact) mass is 210 g/mol. The Morgan fingerprint density at radius 2 is 2.27 bits per heavy atom. The molecule has 4 heteroatoms. The first-order valence-electron chi connectivity index (χ1n) is 7.26. The van der Waals surface area contributed by atoms with E-state index in [1.54, 1.807) is 0 Å². The second kappa shape index (κ2) is 5.80. The number of hydrogen-bond donors (Lipinski definition) is 2. The van der Waals surface area contributed by atoms with Crippen molar-refractivity contribution in [1.82, 2.24) is 0 Å². The number of guanidine groups is 1. The fraction of sp³-hybridized carbons (Fsp3) is 0.273. The summed E-state index contributed by atoms with van der Waals surface area (Å²) in [5, 5.41) is 0. The fourth-order valence-electron chi connectivity index (χ4n) is 0.814. The number of hydrogen-bond acceptors (Lipinski definition) is 1. The molecular formula is C11H16N4. The van der Waals surface area contributed by atoms with Crippen LogP contribution in [0, 0.1) is 0 Å². The van der Waals surface area contributed by atoms with Gasteiger partial charge in [0.2, 0.25) is 5.96 Å². The van der Waals surface area contributed by atoms with Crippen molar-refractivity contribution in [3.63, 3.8) is 0 Å². The molecule has 0 saturated carbocycles. The SMILES string of the molecule is [2H]c1cc(CC([2H])([2H])N=C(N)N=C(C)N)c([2H])c([2H])c1[2H]. The van der Waals surface area contributed by atoms with Crippen LogP contribution in [0.25, 0.3) is 0 Å². The molecule has 0 aliphatic carbocycles. The van der Waals surface area contributed by atoms with Crippen molar-refractivity contribution in [3.8, 4) is 0 Å². The molecule has 0 spiro atoms. The van der Waals surface area contributed by atoms with Gasteiger partial charge in [-0.3, -0.25) is 4.99 Å². The quantitative estimate of drug-likeness (QED) is 0.575. The smallest absolute Gasteiger partial charge is 0.216 e. The Hall–Kier alpha value is -1.84. The molecule has 0 bridgehead atoms. The van der Waals surface area contributed by atoms with Crippen molar-refractivity contribution < 1.29 is 8.22 Å². The second-order valence-corrected chi connectivity index (χ2v) is 2.75. The molecule has 4 nitrogen and oxygen atoms in total. The molecule has 0 aliphatic heterocycles. The highest BCUT2D eigenvalue weighted by Crippen LogP contribution is 1.99. The van der Waals surface area contributed by atoms with Crippen molar-refractivity contribution in [2.45, 2.75) is 13.3 Å². The Kier molecular flexibility index (Phi) is 2.05. The summed E-state index contributed by atoms with van der Waals surface area (Å²) in [4.78, 5) is 7.18. The number of nitrogens with zero attached hydrogens (tertiary/aromatic N) is 2. The minimum absolute atomic E-state index is 0.107. The number of aryl methyl sites for hydroxylation is 1. The molecule has 0 aliphatic rings. The van der Waals surface area contributed by atoms with Gasteiger partial charge in [0.25, 0.3) is 0 Å². The zero-order chi connectivity index (χ0) is 16.4. The summed E-state index contributed by atoms with van der Waals surface area (Å²) >= 11 is 0. The molecular weight excluding hydrogens is 188 g/mol. The predicted octanol–water partition coefficient (Wildman–Crippen LogP) is 0.921. The van der Waals surface area contributed by atoms with E-state index in [9.17, 15) is 0 Å². The summed E-state index contributed by atoms with van der Waals surface area (Å²) in [5.41, 5.74) is 10.8. The Morgan fingerprint density at radius 1 is 1.47 bits per heavy atom. The minimum Gasteiger partial charge on any atom is -0.387 e. The van der Waals surface area contributed by atoms with Gasteiger partial charge < -0.3 is 11.5 Å². The van der Waals surface area contributed by atoms with E-state index >= 15 is 0 Å². The lowest BCUT2D eigenvalue weighted by molar-refractivity contribution is 0.962. The first kappa shape index (κ1) is 5.30. The number of benzene rings is 1. The largest absolute Gasteiger partial charge is 0.387 e. The van der Waals surface area contributed by atoms with Crippen LogP contribution in [-0.2, 0) is 6.42 Å². The summed E-state index contributed by atoms with van der Waals surface area (Å²) in [6.07, 6.45) is -0.357. The summed E-state index contributed by atoms with van der Waals surface area (Å²) < 4.78 is 45.8. The fourth-order valence-corrected chi connectivity index (χ4v) is 0.814. The summed E-state index contributed by atoms with van der Waals surface area (Å²) in [7, 11) is 0. The normalized spacial score (nSPS) is 19.5. The summed E-state index contributed by atoms with van der Waals surface area (Å²) in [5.74, 6) is -0.200. The van der Waals surface area contributed by atoms with E-state index in [0.717, 1.165) is 0 Å². The van der Waals surface area contributed by atoms with Crippen LogP contribution in [-0.4, -0.2) is 18.3 Å². The lowest BCUT2D eigenvalue weighted by atomic mass is 10.2. The first-order valence-corrected chi connectivity index (χ1v) is 4.26. The molecule has 15 heavy (non-hydrogen) atoms. The topological polar surface area (TPSA) is 76.8 Å². The van der Waals surface area contributed by atoms with Crippen molar-refractivity contribution in [2.75, 3.05) is 6.50 Å². The van der Waals surface area contributed by atoms with Crippen LogP contribution in [0.5, 0.6) is 0 Å². The van der Waals surface area contributed by atoms with E-state index in [2.05, 4.69) is 9.98 Å². The zero-order valence-corrected chi connectivity index (χ0v) is 8.33. The summed E-state index contributed by atoms with van der Waals surface area (Å²) in [6, 6.07) is -0.137. The average Bonchev–Trinajstić information content (AvgIpc) is 2.31. The summed E-state index contributed by atoms with van der Waals surface area (Å²) in [6.45, 7) is -0.688. The first-order chi connectivity index (χ1) is 9.53. The van der Waals surface area contributed by atoms with Crippen LogP contribution in [0.1, 0.15) is 20.7 Å². The second-order valence-electron chi connectivity index (χ2n) is 2.75. The van der Waals surface area contributed by atoms with Gasteiger partial charge in [0.05, 0.1) is 14.1 Å². The number of aliphatic imine (C=N–C) groups is 2. The van der Waals surface area contributed by atoms with Crippen LogP contribution in [0.15, 0.2) is 40.2 Å². The molecule has 0 saturated heterocycles. The average molecular weight is 210 g/mol. The maximum absolute atomic E-state index is 7.77. The number of rotatable bonds is 3. The zero-order valence-electron chi connectivity index (χ0n) is 14.3. The molecule has 4 N–H and O–H groups in total. The van der Waals surface area contributed by atoms with Gasteiger partial charge >= 0.3 is 0 Å². The van der Waals surface area contributed by atoms with Crippen molar-refractivity contribution in [2.24, 2.45) is 21.5 Å². The van der Waals surface area contributed by atoms with Crippen LogP contribution >= 0.6 is 0 Å². The number of amidine groups is 1. The van der Waals surface area contributed by atoms with E-state index in [0.29, 0.717) is 0 Å². The van der Waals surface area contributed by atoms with Gasteiger partial charge in [0, 0.05) is 6.50 Å². The van der Waals surface area contributed by atoms with Crippen molar-refractivity contribution in [1.29, 1.82) is 0 Å². The number of nitrogens with two attached hydrogens (primary N) is 2. The van der Waals surface area contributed by atoms with Crippen LogP contribution in [0.2, 0.25) is 0 Å². The molecule has 1 rings (SSSR count). The van der Waals surface area contributed by atoms with E-state index in [1.807, 2.05) is 0 Å². The molecule has 1 aromatic rings. The molecule has 0 amide bonds. The molecule has 0 aromatic heterocycles. The van der Waals surface area contributed by atoms with Crippen molar-refractivity contribution in [3.05, 3.63) is 35.8 Å². The highest BCUT2D eigenvalue weighted by Gasteiger charge is 1.91. The third kappa shape index (κ3) is 4.81. The van der Waals surface area contributed by atoms with Gasteiger partial charge in [-0.1, -0.05) is 30.2 Å². The maximum Gasteiger partial charge on any atom is 0.216 e. The van der Waals surface area contributed by atoms with Gasteiger partial charge in [-0.05, 0) is 18.9 Å². The van der Waals surface area contributed by atoms with Gasteiger partial charge in [0.15, 0.2) is 0 Å². The third-order valence-electron chi connectivity index (χ3n) is 1.36. The minimum atomic E-state index is -2.17. The molecule has 80 valence electrons. The van der Waals surface area contributed by atoms with Crippen LogP contribution < -0.4 is 11.5 Å². The highest BCUT2D eigenvalue weighted by molar-refractivity contribution is 5.93. The molecule has 0 heterocycles. The standard InChI is InChI=1S/C11H16N4/c1-9(12)15-11(13)14-8-7-10-5-3-2-4-6-10/h2-6H,7-8H2,1H3,(H4,12,13,14,15)/i2D,3D,4D,5D,8D2. The van der Waals surface area contributed by atoms with Crippen molar-refractivity contribution >= 4 is 11.8 Å². The van der Waals surface area contributed by atoms with Crippen LogP contribution in [0.4, 0.5) is 0 Å². The Balaban J connectivity index is 3.13. The third-order valence-corrected chi connectivity index (χ3v) is 1.36. The van der Waals surface area contributed by atoms with Crippen LogP contribution in [0.3, 0.4) is 0 Å². The van der Waals surface area contributed by atoms with Gasteiger partial charge in [-0.2, -0.15) is 0 Å². The van der Waals surface area contributed by atoms with Gasteiger partial charge in [0.1, 0.15) is 0 Å². The molecule has 0 fully saturated rings. The molecule has 0 unspecified atom stereocenters. The van der Waals surface area contributed by atoms with Gasteiger partial charge in [-0.15, -0.1) is 0 Å². The lowest BCUT2D eigenvalue weighted by Crippen LogP contribution is -2.16. The molecule has 1 aromatic carbocycles. The molecule has 0 radical (unpaired) electrons. The lowest BCUT2D eigenvalue weighted by Gasteiger charge is -1.97. The Bertz CT molecular complexity index is 607. The van der Waals surface area contributed by atoms with E-state index in [-0.39, 0.29) is 41.9 Å². The Morgan fingerprint density at radius 3 is 3.00 bits per heavy atom. The Labute approximate surface area is 98.2 Å².